The van der Waals surface area contributed by atoms with Crippen LogP contribution in [-0.4, -0.2) is 44.9 Å². The van der Waals surface area contributed by atoms with Gasteiger partial charge in [-0.3, -0.25) is 4.99 Å². The lowest BCUT2D eigenvalue weighted by atomic mass is 10.2. The van der Waals surface area contributed by atoms with Crippen molar-refractivity contribution < 1.29 is 8.42 Å². The van der Waals surface area contributed by atoms with Crippen LogP contribution in [0.2, 0.25) is 0 Å². The highest BCUT2D eigenvalue weighted by Gasteiger charge is 2.22. The van der Waals surface area contributed by atoms with Crippen molar-refractivity contribution in [3.8, 4) is 0 Å². The van der Waals surface area contributed by atoms with Gasteiger partial charge in [0.2, 0.25) is 10.0 Å². The molecule has 1 aliphatic rings. The summed E-state index contributed by atoms with van der Waals surface area (Å²) in [5, 5.41) is 6.40. The molecule has 2 rings (SSSR count). The minimum atomic E-state index is -3.41. The molecular weight excluding hydrogens is 300 g/mol. The molecule has 122 valence electrons. The van der Waals surface area contributed by atoms with Gasteiger partial charge < -0.3 is 10.6 Å². The summed E-state index contributed by atoms with van der Waals surface area (Å²) in [6.07, 6.45) is 1.06. The fourth-order valence-corrected chi connectivity index (χ4v) is 3.43. The molecule has 0 bridgehead atoms. The zero-order chi connectivity index (χ0) is 16.2. The topological polar surface area (TPSA) is 73.8 Å². The van der Waals surface area contributed by atoms with E-state index < -0.39 is 10.0 Å². The monoisotopic (exact) mass is 324 g/mol. The molecule has 0 atom stereocenters. The van der Waals surface area contributed by atoms with Crippen molar-refractivity contribution in [1.29, 1.82) is 0 Å². The van der Waals surface area contributed by atoms with Gasteiger partial charge in [0.25, 0.3) is 0 Å². The number of guanidine groups is 1. The van der Waals surface area contributed by atoms with E-state index in [0.717, 1.165) is 31.0 Å². The van der Waals surface area contributed by atoms with E-state index in [4.69, 9.17) is 0 Å². The highest BCUT2D eigenvalue weighted by atomic mass is 32.2. The van der Waals surface area contributed by atoms with E-state index in [1.54, 1.807) is 19.2 Å². The van der Waals surface area contributed by atoms with Crippen LogP contribution in [0, 0.1) is 0 Å². The molecule has 22 heavy (non-hydrogen) atoms. The second-order valence-corrected chi connectivity index (χ2v) is 7.62. The van der Waals surface area contributed by atoms with Gasteiger partial charge in [-0.25, -0.2) is 8.42 Å². The normalized spacial score (nSPS) is 15.6. The van der Waals surface area contributed by atoms with Crippen LogP contribution in [-0.2, 0) is 16.6 Å². The third-order valence-corrected chi connectivity index (χ3v) is 5.73. The van der Waals surface area contributed by atoms with Crippen LogP contribution in [0.5, 0.6) is 0 Å². The standard InChI is InChI=1S/C15H24N4O2S/c1-12(2)19(3)22(20,21)14-7-5-13(6-8-14)11-18-15-16-9-4-10-17-15/h5-8,12H,4,9-11H2,1-3H3,(H2,16,17,18). The molecule has 1 aromatic carbocycles. The average molecular weight is 324 g/mol. The predicted molar refractivity (Wildman–Crippen MR) is 88.3 cm³/mol. The van der Waals surface area contributed by atoms with Crippen LogP contribution in [0.25, 0.3) is 0 Å². The fraction of sp³-hybridized carbons (Fsp3) is 0.533. The number of nitrogens with one attached hydrogen (secondary N) is 2. The Morgan fingerprint density at radius 2 is 2.00 bits per heavy atom. The van der Waals surface area contributed by atoms with Crippen LogP contribution in [0.1, 0.15) is 25.8 Å². The second kappa shape index (κ2) is 7.11. The molecule has 1 heterocycles. The van der Waals surface area contributed by atoms with Crippen molar-refractivity contribution in [2.75, 3.05) is 20.1 Å². The Kier molecular flexibility index (Phi) is 5.42. The Balaban J connectivity index is 2.02. The van der Waals surface area contributed by atoms with Crippen molar-refractivity contribution in [3.05, 3.63) is 29.8 Å². The molecule has 0 radical (unpaired) electrons. The summed E-state index contributed by atoms with van der Waals surface area (Å²) in [4.78, 5) is 4.66. The quantitative estimate of drug-likeness (QED) is 0.852. The first-order chi connectivity index (χ1) is 10.4. The van der Waals surface area contributed by atoms with E-state index in [1.165, 1.54) is 4.31 Å². The molecule has 0 aromatic heterocycles. The smallest absolute Gasteiger partial charge is 0.243 e. The first-order valence-corrected chi connectivity index (χ1v) is 8.94. The Hall–Kier alpha value is -1.60. The third-order valence-electron chi connectivity index (χ3n) is 3.68. The highest BCUT2D eigenvalue weighted by Crippen LogP contribution is 2.17. The number of nitrogens with zero attached hydrogens (tertiary/aromatic N) is 2. The summed E-state index contributed by atoms with van der Waals surface area (Å²) >= 11 is 0. The number of benzene rings is 1. The molecule has 1 aromatic rings. The molecule has 2 N–H and O–H groups in total. The van der Waals surface area contributed by atoms with Crippen LogP contribution in [0.4, 0.5) is 0 Å². The van der Waals surface area contributed by atoms with E-state index >= 15 is 0 Å². The van der Waals surface area contributed by atoms with Gasteiger partial charge in [0.1, 0.15) is 0 Å². The Labute approximate surface area is 132 Å². The van der Waals surface area contributed by atoms with Crippen molar-refractivity contribution in [2.45, 2.75) is 37.8 Å². The molecule has 1 aliphatic heterocycles. The minimum Gasteiger partial charge on any atom is -0.356 e. The van der Waals surface area contributed by atoms with Gasteiger partial charge in [0.05, 0.1) is 4.90 Å². The molecule has 0 saturated heterocycles. The molecule has 7 heteroatoms. The molecule has 0 spiro atoms. The van der Waals surface area contributed by atoms with Gasteiger partial charge in [-0.2, -0.15) is 4.31 Å². The Morgan fingerprint density at radius 1 is 1.32 bits per heavy atom. The maximum Gasteiger partial charge on any atom is 0.243 e. The molecule has 0 amide bonds. The summed E-state index contributed by atoms with van der Waals surface area (Å²) in [6.45, 7) is 6.10. The van der Waals surface area contributed by atoms with Crippen LogP contribution < -0.4 is 10.6 Å². The van der Waals surface area contributed by atoms with Gasteiger partial charge in [0, 0.05) is 32.7 Å². The van der Waals surface area contributed by atoms with E-state index in [-0.39, 0.29) is 6.04 Å². The van der Waals surface area contributed by atoms with Gasteiger partial charge in [-0.05, 0) is 38.0 Å². The van der Waals surface area contributed by atoms with E-state index in [9.17, 15) is 8.42 Å². The van der Waals surface area contributed by atoms with Crippen molar-refractivity contribution in [3.63, 3.8) is 0 Å². The Morgan fingerprint density at radius 3 is 2.55 bits per heavy atom. The minimum absolute atomic E-state index is 0.0678. The van der Waals surface area contributed by atoms with Crippen molar-refractivity contribution in [2.24, 2.45) is 4.99 Å². The maximum atomic E-state index is 12.4. The van der Waals surface area contributed by atoms with Crippen molar-refractivity contribution in [1.82, 2.24) is 14.9 Å². The summed E-state index contributed by atoms with van der Waals surface area (Å²) < 4.78 is 26.1. The van der Waals surface area contributed by atoms with Gasteiger partial charge in [-0.15, -0.1) is 0 Å². The predicted octanol–water partition coefficient (Wildman–Crippen LogP) is 1.15. The molecule has 0 saturated carbocycles. The number of rotatable bonds is 5. The van der Waals surface area contributed by atoms with Gasteiger partial charge in [-0.1, -0.05) is 12.1 Å². The molecule has 0 fully saturated rings. The van der Waals surface area contributed by atoms with Crippen LogP contribution in [0.3, 0.4) is 0 Å². The SMILES string of the molecule is CC(C)N(C)S(=O)(=O)c1ccc(CNC2=NCCCN2)cc1. The summed E-state index contributed by atoms with van der Waals surface area (Å²) in [6, 6.07) is 6.90. The highest BCUT2D eigenvalue weighted by molar-refractivity contribution is 7.89. The van der Waals surface area contributed by atoms with Gasteiger partial charge in [0.15, 0.2) is 5.96 Å². The molecule has 0 unspecified atom stereocenters. The summed E-state index contributed by atoms with van der Waals surface area (Å²) in [5.41, 5.74) is 1.02. The maximum absolute atomic E-state index is 12.4. The molecule has 6 nitrogen and oxygen atoms in total. The number of hydrogen-bond acceptors (Lipinski definition) is 5. The lowest BCUT2D eigenvalue weighted by molar-refractivity contribution is 0.410. The zero-order valence-corrected chi connectivity index (χ0v) is 14.2. The molecular formula is C15H24N4O2S. The lowest BCUT2D eigenvalue weighted by Crippen LogP contribution is -2.40. The lowest BCUT2D eigenvalue weighted by Gasteiger charge is -2.21. The first kappa shape index (κ1) is 16.8. The molecule has 0 aliphatic carbocycles. The zero-order valence-electron chi connectivity index (χ0n) is 13.3. The third kappa shape index (κ3) is 3.98. The largest absolute Gasteiger partial charge is 0.356 e. The number of hydrogen-bond donors (Lipinski definition) is 2. The van der Waals surface area contributed by atoms with Gasteiger partial charge >= 0.3 is 0 Å². The van der Waals surface area contributed by atoms with Crippen LogP contribution in [0.15, 0.2) is 34.2 Å². The Bertz CT molecular complexity index is 623. The van der Waals surface area contributed by atoms with Crippen LogP contribution >= 0.6 is 0 Å². The first-order valence-electron chi connectivity index (χ1n) is 7.50. The summed E-state index contributed by atoms with van der Waals surface area (Å²) in [7, 11) is -1.81. The van der Waals surface area contributed by atoms with E-state index in [0.29, 0.717) is 11.4 Å². The van der Waals surface area contributed by atoms with Crippen molar-refractivity contribution >= 4 is 16.0 Å². The number of sulfonamides is 1. The summed E-state index contributed by atoms with van der Waals surface area (Å²) in [5.74, 6) is 0.808. The second-order valence-electron chi connectivity index (χ2n) is 5.62. The fourth-order valence-electron chi connectivity index (χ4n) is 2.06. The van der Waals surface area contributed by atoms with E-state index in [2.05, 4.69) is 15.6 Å². The van der Waals surface area contributed by atoms with E-state index in [1.807, 2.05) is 26.0 Å². The average Bonchev–Trinajstić information content (AvgIpc) is 2.53. The number of aliphatic imine (C=N–C) groups is 1.